The molecule has 76 valence electrons. The van der Waals surface area contributed by atoms with Crippen molar-refractivity contribution in [2.75, 3.05) is 5.32 Å². The van der Waals surface area contributed by atoms with E-state index < -0.39 is 12.0 Å². The average Bonchev–Trinajstić information content (AvgIpc) is 2.11. The van der Waals surface area contributed by atoms with Gasteiger partial charge in [-0.3, -0.25) is 4.79 Å². The molecule has 1 unspecified atom stereocenters. The zero-order valence-electron chi connectivity index (χ0n) is 7.42. The fraction of sp³-hybridized carbons (Fsp3) is 0.222. The lowest BCUT2D eigenvalue weighted by atomic mass is 10.2. The first-order valence-corrected chi connectivity index (χ1v) is 5.54. The smallest absolute Gasteiger partial charge is 0.325 e. The van der Waals surface area contributed by atoms with E-state index in [2.05, 4.69) is 37.2 Å². The maximum atomic E-state index is 10.6. The number of carboxylic acids is 1. The fourth-order valence-corrected chi connectivity index (χ4v) is 2.14. The second kappa shape index (κ2) is 4.79. The highest BCUT2D eigenvalue weighted by Gasteiger charge is 2.13. The van der Waals surface area contributed by atoms with E-state index in [9.17, 15) is 4.79 Å². The minimum absolute atomic E-state index is 0.620. The van der Waals surface area contributed by atoms with Gasteiger partial charge in [-0.15, -0.1) is 0 Å². The first-order valence-electron chi connectivity index (χ1n) is 3.95. The molecule has 0 heterocycles. The van der Waals surface area contributed by atoms with Crippen molar-refractivity contribution in [2.45, 2.75) is 13.0 Å². The van der Waals surface area contributed by atoms with Gasteiger partial charge < -0.3 is 10.4 Å². The number of nitrogens with one attached hydrogen (secondary N) is 1. The lowest BCUT2D eigenvalue weighted by molar-refractivity contribution is -0.137. The van der Waals surface area contributed by atoms with E-state index in [-0.39, 0.29) is 0 Å². The minimum atomic E-state index is -0.882. The standard InChI is InChI=1S/C9H9Br2NO2/c1-5(9(13)14)12-8-6(10)3-2-4-7(8)11/h2-5,12H,1H3,(H,13,14). The van der Waals surface area contributed by atoms with Crippen LogP contribution >= 0.6 is 31.9 Å². The van der Waals surface area contributed by atoms with E-state index in [0.717, 1.165) is 14.6 Å². The molecule has 14 heavy (non-hydrogen) atoms. The first kappa shape index (κ1) is 11.5. The largest absolute Gasteiger partial charge is 0.480 e. The molecule has 0 amide bonds. The van der Waals surface area contributed by atoms with Crippen LogP contribution in [0.5, 0.6) is 0 Å². The Kier molecular flexibility index (Phi) is 3.95. The Morgan fingerprint density at radius 2 is 1.93 bits per heavy atom. The third kappa shape index (κ3) is 2.72. The average molecular weight is 323 g/mol. The summed E-state index contributed by atoms with van der Waals surface area (Å²) in [6.45, 7) is 1.59. The third-order valence-electron chi connectivity index (χ3n) is 1.69. The van der Waals surface area contributed by atoms with Crippen LogP contribution in [-0.4, -0.2) is 17.1 Å². The lowest BCUT2D eigenvalue weighted by Crippen LogP contribution is -2.25. The van der Waals surface area contributed by atoms with Gasteiger partial charge in [0.05, 0.1) is 5.69 Å². The van der Waals surface area contributed by atoms with Crippen molar-refractivity contribution >= 4 is 43.5 Å². The molecule has 0 aromatic heterocycles. The molecule has 0 aliphatic rings. The monoisotopic (exact) mass is 321 g/mol. The van der Waals surface area contributed by atoms with E-state index in [1.54, 1.807) is 6.92 Å². The van der Waals surface area contributed by atoms with Gasteiger partial charge in [0.25, 0.3) is 0 Å². The van der Waals surface area contributed by atoms with Gasteiger partial charge in [0, 0.05) is 8.95 Å². The van der Waals surface area contributed by atoms with Gasteiger partial charge in [0.1, 0.15) is 6.04 Å². The molecule has 1 aromatic rings. The van der Waals surface area contributed by atoms with Crippen LogP contribution in [0.25, 0.3) is 0 Å². The zero-order chi connectivity index (χ0) is 10.7. The topological polar surface area (TPSA) is 49.3 Å². The summed E-state index contributed by atoms with van der Waals surface area (Å²) in [6.07, 6.45) is 0. The number of aliphatic carboxylic acids is 1. The predicted molar refractivity (Wildman–Crippen MR) is 62.6 cm³/mol. The second-order valence-electron chi connectivity index (χ2n) is 2.80. The molecule has 0 spiro atoms. The number of carboxylic acid groups (broad SMARTS) is 1. The van der Waals surface area contributed by atoms with Crippen molar-refractivity contribution in [3.63, 3.8) is 0 Å². The van der Waals surface area contributed by atoms with Gasteiger partial charge in [-0.2, -0.15) is 0 Å². The molecule has 1 rings (SSSR count). The lowest BCUT2D eigenvalue weighted by Gasteiger charge is -2.13. The summed E-state index contributed by atoms with van der Waals surface area (Å²) < 4.78 is 1.67. The summed E-state index contributed by atoms with van der Waals surface area (Å²) in [4.78, 5) is 10.6. The molecular weight excluding hydrogens is 314 g/mol. The summed E-state index contributed by atoms with van der Waals surface area (Å²) in [5, 5.41) is 11.6. The maximum Gasteiger partial charge on any atom is 0.325 e. The van der Waals surface area contributed by atoms with Gasteiger partial charge in [-0.05, 0) is 50.9 Å². The van der Waals surface area contributed by atoms with Crippen molar-refractivity contribution in [1.29, 1.82) is 0 Å². The second-order valence-corrected chi connectivity index (χ2v) is 4.51. The van der Waals surface area contributed by atoms with E-state index in [4.69, 9.17) is 5.11 Å². The number of hydrogen-bond acceptors (Lipinski definition) is 2. The highest BCUT2D eigenvalue weighted by atomic mass is 79.9. The summed E-state index contributed by atoms with van der Waals surface area (Å²) in [5.74, 6) is -0.882. The summed E-state index contributed by atoms with van der Waals surface area (Å²) >= 11 is 6.68. The van der Waals surface area contributed by atoms with E-state index >= 15 is 0 Å². The summed E-state index contributed by atoms with van der Waals surface area (Å²) in [6, 6.07) is 4.94. The molecule has 0 saturated heterocycles. The van der Waals surface area contributed by atoms with Gasteiger partial charge >= 0.3 is 5.97 Å². The van der Waals surface area contributed by atoms with E-state index in [0.29, 0.717) is 0 Å². The molecule has 0 bridgehead atoms. The Labute approximate surface area is 98.8 Å². The van der Waals surface area contributed by atoms with Crippen LogP contribution in [0.15, 0.2) is 27.1 Å². The van der Waals surface area contributed by atoms with Crippen LogP contribution in [0, 0.1) is 0 Å². The van der Waals surface area contributed by atoms with Crippen molar-refractivity contribution in [2.24, 2.45) is 0 Å². The fourth-order valence-electron chi connectivity index (χ4n) is 0.914. The van der Waals surface area contributed by atoms with Crippen molar-refractivity contribution < 1.29 is 9.90 Å². The Balaban J connectivity index is 2.91. The molecule has 5 heteroatoms. The van der Waals surface area contributed by atoms with Crippen molar-refractivity contribution in [3.05, 3.63) is 27.1 Å². The molecule has 0 saturated carbocycles. The molecule has 0 aliphatic heterocycles. The number of carbonyl (C=O) groups is 1. The summed E-state index contributed by atoms with van der Waals surface area (Å²) in [5.41, 5.74) is 0.752. The predicted octanol–water partition coefficient (Wildman–Crippen LogP) is 3.10. The minimum Gasteiger partial charge on any atom is -0.480 e. The Morgan fingerprint density at radius 1 is 1.43 bits per heavy atom. The molecule has 0 radical (unpaired) electrons. The van der Waals surface area contributed by atoms with Crippen LogP contribution in [0.1, 0.15) is 6.92 Å². The van der Waals surface area contributed by atoms with Crippen LogP contribution < -0.4 is 5.32 Å². The van der Waals surface area contributed by atoms with Crippen LogP contribution in [0.3, 0.4) is 0 Å². The highest BCUT2D eigenvalue weighted by Crippen LogP contribution is 2.30. The third-order valence-corrected chi connectivity index (χ3v) is 3.02. The normalized spacial score (nSPS) is 12.2. The van der Waals surface area contributed by atoms with Gasteiger partial charge in [0.15, 0.2) is 0 Å². The Morgan fingerprint density at radius 3 is 2.36 bits per heavy atom. The van der Waals surface area contributed by atoms with Gasteiger partial charge in [-0.1, -0.05) is 6.07 Å². The number of benzene rings is 1. The molecule has 3 nitrogen and oxygen atoms in total. The number of hydrogen-bond donors (Lipinski definition) is 2. The van der Waals surface area contributed by atoms with Crippen LogP contribution in [-0.2, 0) is 4.79 Å². The quantitative estimate of drug-likeness (QED) is 0.899. The number of halogens is 2. The molecule has 2 N–H and O–H groups in total. The molecule has 0 fully saturated rings. The Hall–Kier alpha value is -0.550. The van der Waals surface area contributed by atoms with Crippen molar-refractivity contribution in [1.82, 2.24) is 0 Å². The van der Waals surface area contributed by atoms with E-state index in [1.807, 2.05) is 18.2 Å². The van der Waals surface area contributed by atoms with Crippen LogP contribution in [0.4, 0.5) is 5.69 Å². The first-order chi connectivity index (χ1) is 6.52. The molecule has 0 aliphatic carbocycles. The molecule has 1 atom stereocenters. The molecular formula is C9H9Br2NO2. The maximum absolute atomic E-state index is 10.6. The number of para-hydroxylation sites is 1. The van der Waals surface area contributed by atoms with Gasteiger partial charge in [-0.25, -0.2) is 0 Å². The number of rotatable bonds is 3. The highest BCUT2D eigenvalue weighted by molar-refractivity contribution is 9.11. The van der Waals surface area contributed by atoms with Crippen molar-refractivity contribution in [3.8, 4) is 0 Å². The van der Waals surface area contributed by atoms with Crippen LogP contribution in [0.2, 0.25) is 0 Å². The SMILES string of the molecule is CC(Nc1c(Br)cccc1Br)C(=O)O. The van der Waals surface area contributed by atoms with Gasteiger partial charge in [0.2, 0.25) is 0 Å². The zero-order valence-corrected chi connectivity index (χ0v) is 10.6. The summed E-state index contributed by atoms with van der Waals surface area (Å²) in [7, 11) is 0. The van der Waals surface area contributed by atoms with E-state index in [1.165, 1.54) is 0 Å². The Bertz CT molecular complexity index is 334. The number of anilines is 1. The molecule has 1 aromatic carbocycles.